The number of benzene rings is 1. The Hall–Kier alpha value is -1.73. The maximum Gasteiger partial charge on any atom is 0.305 e. The molecule has 2 atom stereocenters. The van der Waals surface area contributed by atoms with Crippen LogP contribution >= 0.6 is 0 Å². The SMILES string of the molecule is COCC(C)(CC(=O)O)NC(=O)c1cccc(CS(C)=O)c1. The first-order valence-electron chi connectivity index (χ1n) is 6.68. The van der Waals surface area contributed by atoms with Crippen LogP contribution in [0.15, 0.2) is 24.3 Å². The Morgan fingerprint density at radius 3 is 2.64 bits per heavy atom. The van der Waals surface area contributed by atoms with Crippen molar-refractivity contribution < 1.29 is 23.6 Å². The molecule has 7 heteroatoms. The molecule has 122 valence electrons. The molecule has 1 amide bonds. The molecule has 0 saturated carbocycles. The van der Waals surface area contributed by atoms with Crippen molar-refractivity contribution in [3.63, 3.8) is 0 Å². The number of methoxy groups -OCH3 is 1. The normalized spacial score (nSPS) is 14.9. The zero-order chi connectivity index (χ0) is 16.8. The Labute approximate surface area is 132 Å². The van der Waals surface area contributed by atoms with Gasteiger partial charge in [-0.1, -0.05) is 12.1 Å². The molecule has 6 nitrogen and oxygen atoms in total. The van der Waals surface area contributed by atoms with Crippen LogP contribution in [0.25, 0.3) is 0 Å². The van der Waals surface area contributed by atoms with Crippen LogP contribution in [-0.2, 0) is 26.1 Å². The first kappa shape index (κ1) is 18.3. The zero-order valence-corrected chi connectivity index (χ0v) is 13.7. The second kappa shape index (κ2) is 8.05. The van der Waals surface area contributed by atoms with E-state index in [1.165, 1.54) is 7.11 Å². The van der Waals surface area contributed by atoms with Crippen molar-refractivity contribution in [2.45, 2.75) is 24.6 Å². The van der Waals surface area contributed by atoms with Gasteiger partial charge in [-0.15, -0.1) is 0 Å². The first-order valence-corrected chi connectivity index (χ1v) is 8.41. The molecule has 2 unspecified atom stereocenters. The number of aliphatic carboxylic acids is 1. The number of carboxylic acid groups (broad SMARTS) is 1. The van der Waals surface area contributed by atoms with Gasteiger partial charge in [-0.3, -0.25) is 13.8 Å². The third-order valence-corrected chi connectivity index (χ3v) is 3.72. The first-order chi connectivity index (χ1) is 10.3. The average molecular weight is 327 g/mol. The molecule has 1 aromatic carbocycles. The van der Waals surface area contributed by atoms with Gasteiger partial charge in [0, 0.05) is 35.5 Å². The molecular formula is C15H21NO5S. The van der Waals surface area contributed by atoms with Crippen molar-refractivity contribution in [3.05, 3.63) is 35.4 Å². The average Bonchev–Trinajstić information content (AvgIpc) is 2.37. The van der Waals surface area contributed by atoms with Crippen LogP contribution in [0.2, 0.25) is 0 Å². The summed E-state index contributed by atoms with van der Waals surface area (Å²) in [4.78, 5) is 23.3. The van der Waals surface area contributed by atoms with Gasteiger partial charge in [-0.25, -0.2) is 0 Å². The lowest BCUT2D eigenvalue weighted by Gasteiger charge is -2.28. The van der Waals surface area contributed by atoms with Crippen LogP contribution in [0.3, 0.4) is 0 Å². The third kappa shape index (κ3) is 5.95. The van der Waals surface area contributed by atoms with Crippen molar-refractivity contribution in [1.82, 2.24) is 5.32 Å². The molecule has 1 rings (SSSR count). The summed E-state index contributed by atoms with van der Waals surface area (Å²) in [7, 11) is 0.451. The summed E-state index contributed by atoms with van der Waals surface area (Å²) in [6, 6.07) is 6.79. The minimum atomic E-state index is -1.02. The van der Waals surface area contributed by atoms with Gasteiger partial charge in [0.1, 0.15) is 0 Å². The molecule has 0 bridgehead atoms. The van der Waals surface area contributed by atoms with Gasteiger partial charge in [0.2, 0.25) is 0 Å². The van der Waals surface area contributed by atoms with E-state index in [-0.39, 0.29) is 18.9 Å². The lowest BCUT2D eigenvalue weighted by Crippen LogP contribution is -2.50. The summed E-state index contributed by atoms with van der Waals surface area (Å²) < 4.78 is 16.3. The molecule has 0 fully saturated rings. The van der Waals surface area contributed by atoms with Crippen molar-refractivity contribution in [3.8, 4) is 0 Å². The smallest absolute Gasteiger partial charge is 0.305 e. The summed E-state index contributed by atoms with van der Waals surface area (Å²) in [5.74, 6) is -1.04. The van der Waals surface area contributed by atoms with E-state index in [9.17, 15) is 13.8 Å². The van der Waals surface area contributed by atoms with E-state index in [1.807, 2.05) is 0 Å². The summed E-state index contributed by atoms with van der Waals surface area (Å²) in [5, 5.41) is 11.7. The number of carbonyl (C=O) groups excluding carboxylic acids is 1. The molecule has 2 N–H and O–H groups in total. The lowest BCUT2D eigenvalue weighted by molar-refractivity contribution is -0.139. The number of rotatable bonds is 8. The summed E-state index contributed by atoms with van der Waals surface area (Å²) in [5.41, 5.74) is 0.192. The Kier molecular flexibility index (Phi) is 6.70. The molecule has 0 heterocycles. The maximum atomic E-state index is 12.3. The Morgan fingerprint density at radius 2 is 2.09 bits per heavy atom. The molecule has 0 spiro atoms. The second-order valence-corrected chi connectivity index (χ2v) is 6.87. The van der Waals surface area contributed by atoms with Gasteiger partial charge in [0.05, 0.1) is 18.6 Å². The highest BCUT2D eigenvalue weighted by atomic mass is 32.2. The van der Waals surface area contributed by atoms with Gasteiger partial charge in [0.15, 0.2) is 0 Å². The lowest BCUT2D eigenvalue weighted by atomic mass is 9.98. The molecule has 0 aromatic heterocycles. The standard InChI is InChI=1S/C15H21NO5S/c1-15(10-21-2,8-13(17)18)16-14(19)12-6-4-5-11(7-12)9-22(3)20/h4-7H,8-10H2,1-3H3,(H,16,19)(H,17,18). The van der Waals surface area contributed by atoms with Crippen molar-refractivity contribution >= 4 is 22.7 Å². The van der Waals surface area contributed by atoms with E-state index in [1.54, 1.807) is 37.4 Å². The second-order valence-electron chi connectivity index (χ2n) is 5.44. The molecule has 0 saturated heterocycles. The number of hydrogen-bond donors (Lipinski definition) is 2. The number of amides is 1. The minimum Gasteiger partial charge on any atom is -0.481 e. The van der Waals surface area contributed by atoms with Gasteiger partial charge in [-0.05, 0) is 24.6 Å². The number of nitrogens with one attached hydrogen (secondary N) is 1. The van der Waals surface area contributed by atoms with Gasteiger partial charge in [-0.2, -0.15) is 0 Å². The fourth-order valence-electron chi connectivity index (χ4n) is 2.17. The molecule has 0 aliphatic carbocycles. The fourth-order valence-corrected chi connectivity index (χ4v) is 2.82. The van der Waals surface area contributed by atoms with Crippen molar-refractivity contribution in [1.29, 1.82) is 0 Å². The number of carboxylic acids is 1. The van der Waals surface area contributed by atoms with Crippen LogP contribution in [0.4, 0.5) is 0 Å². The molecule has 22 heavy (non-hydrogen) atoms. The molecular weight excluding hydrogens is 306 g/mol. The van der Waals surface area contributed by atoms with Crippen LogP contribution in [-0.4, -0.2) is 46.7 Å². The van der Waals surface area contributed by atoms with Gasteiger partial charge in [0.25, 0.3) is 5.91 Å². The van der Waals surface area contributed by atoms with E-state index >= 15 is 0 Å². The van der Waals surface area contributed by atoms with E-state index in [2.05, 4.69) is 5.32 Å². The van der Waals surface area contributed by atoms with Crippen LogP contribution in [0.5, 0.6) is 0 Å². The van der Waals surface area contributed by atoms with Gasteiger partial charge < -0.3 is 15.2 Å². The Bertz CT molecular complexity index is 575. The number of ether oxygens (including phenoxy) is 1. The third-order valence-electron chi connectivity index (χ3n) is 2.98. The Balaban J connectivity index is 2.90. The quantitative estimate of drug-likeness (QED) is 0.748. The monoisotopic (exact) mass is 327 g/mol. The predicted molar refractivity (Wildman–Crippen MR) is 84.2 cm³/mol. The topological polar surface area (TPSA) is 92.7 Å². The maximum absolute atomic E-state index is 12.3. The Morgan fingerprint density at radius 1 is 1.41 bits per heavy atom. The van der Waals surface area contributed by atoms with Crippen molar-refractivity contribution in [2.75, 3.05) is 20.0 Å². The predicted octanol–water partition coefficient (Wildman–Crippen LogP) is 1.17. The highest BCUT2D eigenvalue weighted by Crippen LogP contribution is 2.13. The van der Waals surface area contributed by atoms with E-state index in [4.69, 9.17) is 9.84 Å². The number of hydrogen-bond acceptors (Lipinski definition) is 4. The molecule has 1 aromatic rings. The molecule has 0 aliphatic heterocycles. The van der Waals surface area contributed by atoms with Crippen LogP contribution in [0.1, 0.15) is 29.3 Å². The van der Waals surface area contributed by atoms with Crippen LogP contribution in [0, 0.1) is 0 Å². The minimum absolute atomic E-state index is 0.0870. The fraction of sp³-hybridized carbons (Fsp3) is 0.467. The summed E-state index contributed by atoms with van der Waals surface area (Å²) in [6.45, 7) is 1.71. The summed E-state index contributed by atoms with van der Waals surface area (Å²) >= 11 is 0. The largest absolute Gasteiger partial charge is 0.481 e. The van der Waals surface area contributed by atoms with Crippen molar-refractivity contribution in [2.24, 2.45) is 0 Å². The van der Waals surface area contributed by atoms with E-state index in [0.29, 0.717) is 11.3 Å². The van der Waals surface area contributed by atoms with Crippen LogP contribution < -0.4 is 5.32 Å². The highest BCUT2D eigenvalue weighted by Gasteiger charge is 2.30. The summed E-state index contributed by atoms with van der Waals surface area (Å²) in [6.07, 6.45) is 1.35. The molecule has 0 radical (unpaired) electrons. The van der Waals surface area contributed by atoms with E-state index < -0.39 is 22.3 Å². The highest BCUT2D eigenvalue weighted by molar-refractivity contribution is 7.83. The van der Waals surface area contributed by atoms with Gasteiger partial charge >= 0.3 is 5.97 Å². The zero-order valence-electron chi connectivity index (χ0n) is 12.9. The number of carbonyl (C=O) groups is 2. The molecule has 0 aliphatic rings. The van der Waals surface area contributed by atoms with E-state index in [0.717, 1.165) is 5.56 Å².